The number of pyridine rings is 1. The molecule has 0 radical (unpaired) electrons. The van der Waals surface area contributed by atoms with Crippen LogP contribution >= 0.6 is 0 Å². The van der Waals surface area contributed by atoms with Gasteiger partial charge in [0.15, 0.2) is 0 Å². The number of aromatic nitrogens is 1. The van der Waals surface area contributed by atoms with Gasteiger partial charge in [-0.3, -0.25) is 4.98 Å². The average molecular weight is 244 g/mol. The van der Waals surface area contributed by atoms with Crippen molar-refractivity contribution in [3.05, 3.63) is 35.2 Å². The van der Waals surface area contributed by atoms with Gasteiger partial charge < -0.3 is 5.32 Å². The fourth-order valence-electron chi connectivity index (χ4n) is 2.63. The first kappa shape index (κ1) is 13.3. The summed E-state index contributed by atoms with van der Waals surface area (Å²) >= 11 is 0. The van der Waals surface area contributed by atoms with Crippen LogP contribution in [0.4, 0.5) is 0 Å². The molecule has 0 saturated heterocycles. The fraction of sp³-hybridized carbons (Fsp3) is 0.562. The van der Waals surface area contributed by atoms with Gasteiger partial charge in [0.25, 0.3) is 0 Å². The van der Waals surface area contributed by atoms with E-state index in [-0.39, 0.29) is 0 Å². The molecule has 0 aromatic carbocycles. The Labute approximate surface area is 111 Å². The van der Waals surface area contributed by atoms with E-state index in [1.54, 1.807) is 0 Å². The first-order valence-electron chi connectivity index (χ1n) is 6.99. The summed E-state index contributed by atoms with van der Waals surface area (Å²) in [5.41, 5.74) is 5.68. The first-order chi connectivity index (χ1) is 8.61. The first-order valence-corrected chi connectivity index (χ1v) is 6.99. The normalized spacial score (nSPS) is 19.1. The van der Waals surface area contributed by atoms with E-state index in [0.717, 1.165) is 19.5 Å². The molecule has 2 heteroatoms. The second kappa shape index (κ2) is 5.66. The Balaban J connectivity index is 2.60. The Morgan fingerprint density at radius 3 is 2.56 bits per heavy atom. The van der Waals surface area contributed by atoms with E-state index in [0.29, 0.717) is 11.8 Å². The van der Waals surface area contributed by atoms with Crippen LogP contribution in [0.3, 0.4) is 0 Å². The van der Waals surface area contributed by atoms with Crippen molar-refractivity contribution in [2.75, 3.05) is 6.54 Å². The average Bonchev–Trinajstić information content (AvgIpc) is 2.28. The molecule has 0 aliphatic carbocycles. The monoisotopic (exact) mass is 244 g/mol. The fourth-order valence-corrected chi connectivity index (χ4v) is 2.63. The molecule has 1 aliphatic rings. The molecular formula is C16H24N2. The van der Waals surface area contributed by atoms with Gasteiger partial charge in [-0.25, -0.2) is 0 Å². The SMILES string of the molecule is CC(C)/C1=C/CCNCc2cncc(C(C)C)c21. The Morgan fingerprint density at radius 1 is 1.11 bits per heavy atom. The molecule has 0 saturated carbocycles. The molecule has 1 aromatic rings. The van der Waals surface area contributed by atoms with Gasteiger partial charge in [-0.1, -0.05) is 33.8 Å². The van der Waals surface area contributed by atoms with Gasteiger partial charge in [0.05, 0.1) is 0 Å². The van der Waals surface area contributed by atoms with Crippen molar-refractivity contribution < 1.29 is 0 Å². The van der Waals surface area contributed by atoms with Crippen molar-refractivity contribution in [3.63, 3.8) is 0 Å². The minimum absolute atomic E-state index is 0.522. The smallest absolute Gasteiger partial charge is 0.0319 e. The topological polar surface area (TPSA) is 24.9 Å². The summed E-state index contributed by atoms with van der Waals surface area (Å²) in [4.78, 5) is 4.42. The van der Waals surface area contributed by atoms with Crippen molar-refractivity contribution >= 4 is 5.57 Å². The van der Waals surface area contributed by atoms with Crippen molar-refractivity contribution in [1.29, 1.82) is 0 Å². The molecule has 1 aliphatic heterocycles. The molecular weight excluding hydrogens is 220 g/mol. The minimum atomic E-state index is 0.522. The largest absolute Gasteiger partial charge is 0.312 e. The van der Waals surface area contributed by atoms with Gasteiger partial charge in [-0.2, -0.15) is 0 Å². The summed E-state index contributed by atoms with van der Waals surface area (Å²) in [5.74, 6) is 1.09. The Hall–Kier alpha value is -1.15. The van der Waals surface area contributed by atoms with E-state index < -0.39 is 0 Å². The van der Waals surface area contributed by atoms with Crippen molar-refractivity contribution in [2.24, 2.45) is 5.92 Å². The Morgan fingerprint density at radius 2 is 1.89 bits per heavy atom. The van der Waals surface area contributed by atoms with Crippen LogP contribution in [-0.2, 0) is 6.54 Å². The van der Waals surface area contributed by atoms with Gasteiger partial charge in [0.2, 0.25) is 0 Å². The van der Waals surface area contributed by atoms with E-state index >= 15 is 0 Å². The predicted octanol–water partition coefficient (Wildman–Crippen LogP) is 3.74. The third kappa shape index (κ3) is 2.64. The molecule has 2 nitrogen and oxygen atoms in total. The third-order valence-electron chi connectivity index (χ3n) is 3.59. The molecule has 98 valence electrons. The second-order valence-corrected chi connectivity index (χ2v) is 5.70. The summed E-state index contributed by atoms with van der Waals surface area (Å²) in [6, 6.07) is 0. The van der Waals surface area contributed by atoms with Gasteiger partial charge in [0, 0.05) is 18.9 Å². The highest BCUT2D eigenvalue weighted by Gasteiger charge is 2.18. The Kier molecular flexibility index (Phi) is 4.18. The lowest BCUT2D eigenvalue weighted by atomic mass is 9.84. The minimum Gasteiger partial charge on any atom is -0.312 e. The van der Waals surface area contributed by atoms with Crippen LogP contribution < -0.4 is 5.32 Å². The van der Waals surface area contributed by atoms with Gasteiger partial charge >= 0.3 is 0 Å². The van der Waals surface area contributed by atoms with Crippen molar-refractivity contribution in [1.82, 2.24) is 10.3 Å². The van der Waals surface area contributed by atoms with E-state index in [1.807, 2.05) is 12.4 Å². The summed E-state index contributed by atoms with van der Waals surface area (Å²) < 4.78 is 0. The summed E-state index contributed by atoms with van der Waals surface area (Å²) in [6.45, 7) is 11.1. The van der Waals surface area contributed by atoms with E-state index in [2.05, 4.69) is 44.1 Å². The Bertz CT molecular complexity index is 444. The van der Waals surface area contributed by atoms with Crippen LogP contribution in [0.1, 0.15) is 56.7 Å². The molecule has 1 N–H and O–H groups in total. The van der Waals surface area contributed by atoms with Crippen LogP contribution in [0, 0.1) is 5.92 Å². The van der Waals surface area contributed by atoms with Gasteiger partial charge in [-0.15, -0.1) is 0 Å². The number of allylic oxidation sites excluding steroid dienone is 1. The maximum atomic E-state index is 4.42. The second-order valence-electron chi connectivity index (χ2n) is 5.70. The summed E-state index contributed by atoms with van der Waals surface area (Å²) in [7, 11) is 0. The number of fused-ring (bicyclic) bond motifs is 1. The van der Waals surface area contributed by atoms with Crippen LogP contribution in [0.2, 0.25) is 0 Å². The lowest BCUT2D eigenvalue weighted by molar-refractivity contribution is 0.678. The van der Waals surface area contributed by atoms with E-state index in [4.69, 9.17) is 0 Å². The zero-order valence-corrected chi connectivity index (χ0v) is 12.0. The molecule has 0 spiro atoms. The number of rotatable bonds is 2. The molecule has 0 unspecified atom stereocenters. The number of nitrogens with zero attached hydrogens (tertiary/aromatic N) is 1. The van der Waals surface area contributed by atoms with E-state index in [1.165, 1.54) is 22.3 Å². The summed E-state index contributed by atoms with van der Waals surface area (Å²) in [5, 5.41) is 3.48. The molecule has 0 fully saturated rings. The lowest BCUT2D eigenvalue weighted by Gasteiger charge is -2.23. The molecule has 18 heavy (non-hydrogen) atoms. The van der Waals surface area contributed by atoms with Crippen LogP contribution in [0.5, 0.6) is 0 Å². The number of nitrogens with one attached hydrogen (secondary N) is 1. The molecule has 1 aromatic heterocycles. The standard InChI is InChI=1S/C16H24N2/c1-11(2)14-6-5-7-17-8-13-9-18-10-15(12(3)4)16(13)14/h6,9-12,17H,5,7-8H2,1-4H3/b14-6-. The van der Waals surface area contributed by atoms with Crippen LogP contribution in [0.15, 0.2) is 18.5 Å². The number of hydrogen-bond acceptors (Lipinski definition) is 2. The van der Waals surface area contributed by atoms with Crippen molar-refractivity contribution in [2.45, 2.75) is 46.6 Å². The molecule has 2 heterocycles. The van der Waals surface area contributed by atoms with Crippen LogP contribution in [0.25, 0.3) is 5.57 Å². The van der Waals surface area contributed by atoms with E-state index in [9.17, 15) is 0 Å². The zero-order chi connectivity index (χ0) is 13.1. The molecule has 2 rings (SSSR count). The molecule has 0 atom stereocenters. The third-order valence-corrected chi connectivity index (χ3v) is 3.59. The highest BCUT2D eigenvalue weighted by Crippen LogP contribution is 2.33. The number of hydrogen-bond donors (Lipinski definition) is 1. The maximum absolute atomic E-state index is 4.42. The highest BCUT2D eigenvalue weighted by atomic mass is 14.9. The molecule has 0 bridgehead atoms. The maximum Gasteiger partial charge on any atom is 0.0319 e. The quantitative estimate of drug-likeness (QED) is 0.857. The summed E-state index contributed by atoms with van der Waals surface area (Å²) in [6.07, 6.45) is 7.59. The van der Waals surface area contributed by atoms with Gasteiger partial charge in [0.1, 0.15) is 0 Å². The zero-order valence-electron chi connectivity index (χ0n) is 12.0. The highest BCUT2D eigenvalue weighted by molar-refractivity contribution is 5.72. The van der Waals surface area contributed by atoms with Gasteiger partial charge in [-0.05, 0) is 47.1 Å². The van der Waals surface area contributed by atoms with Crippen LogP contribution in [-0.4, -0.2) is 11.5 Å². The molecule has 0 amide bonds. The predicted molar refractivity (Wildman–Crippen MR) is 77.5 cm³/mol. The van der Waals surface area contributed by atoms with Crippen molar-refractivity contribution in [3.8, 4) is 0 Å². The lowest BCUT2D eigenvalue weighted by Crippen LogP contribution is -2.19.